The topological polar surface area (TPSA) is 81.9 Å². The fourth-order valence-electron chi connectivity index (χ4n) is 1.58. The van der Waals surface area contributed by atoms with E-state index in [-0.39, 0.29) is 17.1 Å². The molecule has 2 rings (SSSR count). The van der Waals surface area contributed by atoms with Crippen LogP contribution in [0.1, 0.15) is 15.9 Å². The maximum Gasteiger partial charge on any atom is 0.271 e. The summed E-state index contributed by atoms with van der Waals surface area (Å²) in [5.74, 6) is -0.426. The van der Waals surface area contributed by atoms with Crippen LogP contribution >= 0.6 is 47.8 Å². The average molecular weight is 493 g/mol. The minimum atomic E-state index is -0.458. The van der Waals surface area contributed by atoms with Crippen molar-refractivity contribution in [2.24, 2.45) is 5.10 Å². The zero-order chi connectivity index (χ0) is 16.3. The molecule has 114 valence electrons. The molecule has 0 fully saturated rings. The molecular formula is C14H9Br3N2O3. The lowest BCUT2D eigenvalue weighted by Gasteiger charge is -2.06. The first-order valence-electron chi connectivity index (χ1n) is 5.89. The molecule has 1 amide bonds. The van der Waals surface area contributed by atoms with E-state index in [1.807, 2.05) is 0 Å². The summed E-state index contributed by atoms with van der Waals surface area (Å²) < 4.78 is 1.63. The lowest BCUT2D eigenvalue weighted by molar-refractivity contribution is 0.0954. The number of aromatic hydroxyl groups is 2. The van der Waals surface area contributed by atoms with Crippen molar-refractivity contribution in [3.8, 4) is 11.5 Å². The van der Waals surface area contributed by atoms with E-state index in [1.165, 1.54) is 18.3 Å². The second-order valence-corrected chi connectivity index (χ2v) is 6.67. The van der Waals surface area contributed by atoms with Gasteiger partial charge >= 0.3 is 0 Å². The van der Waals surface area contributed by atoms with Crippen LogP contribution in [-0.2, 0) is 0 Å². The van der Waals surface area contributed by atoms with Crippen molar-refractivity contribution in [3.05, 3.63) is 54.9 Å². The predicted octanol–water partition coefficient (Wildman–Crippen LogP) is 4.15. The summed E-state index contributed by atoms with van der Waals surface area (Å²) in [5.41, 5.74) is 3.20. The summed E-state index contributed by atoms with van der Waals surface area (Å²) in [6.07, 6.45) is 1.39. The highest BCUT2D eigenvalue weighted by Gasteiger charge is 2.12. The number of carbonyl (C=O) groups is 1. The van der Waals surface area contributed by atoms with Gasteiger partial charge in [0.2, 0.25) is 0 Å². The quantitative estimate of drug-likeness (QED) is 0.445. The molecule has 2 aromatic carbocycles. The Morgan fingerprint density at radius 2 is 1.86 bits per heavy atom. The van der Waals surface area contributed by atoms with E-state index in [0.717, 1.165) is 0 Å². The first-order chi connectivity index (χ1) is 10.4. The molecule has 0 bridgehead atoms. The molecule has 0 radical (unpaired) electrons. The molecule has 22 heavy (non-hydrogen) atoms. The van der Waals surface area contributed by atoms with Gasteiger partial charge in [-0.1, -0.05) is 22.0 Å². The van der Waals surface area contributed by atoms with Gasteiger partial charge in [-0.3, -0.25) is 4.79 Å². The third-order valence-corrected chi connectivity index (χ3v) is 4.71. The average Bonchev–Trinajstić information content (AvgIpc) is 2.48. The summed E-state index contributed by atoms with van der Waals surface area (Å²) >= 11 is 9.81. The Kier molecular flexibility index (Phi) is 5.60. The fourth-order valence-corrected chi connectivity index (χ4v) is 3.91. The van der Waals surface area contributed by atoms with E-state index in [1.54, 1.807) is 18.2 Å². The summed E-state index contributed by atoms with van der Waals surface area (Å²) in [6, 6.07) is 7.59. The van der Waals surface area contributed by atoms with E-state index >= 15 is 0 Å². The number of halogens is 3. The monoisotopic (exact) mass is 490 g/mol. The van der Waals surface area contributed by atoms with Crippen LogP contribution in [0.25, 0.3) is 0 Å². The Labute approximate surface area is 151 Å². The van der Waals surface area contributed by atoms with Gasteiger partial charge in [0.1, 0.15) is 11.5 Å². The van der Waals surface area contributed by atoms with Crippen LogP contribution < -0.4 is 5.43 Å². The Bertz CT molecular complexity index is 763. The number of hydrogen-bond donors (Lipinski definition) is 3. The molecule has 3 N–H and O–H groups in total. The first-order valence-corrected chi connectivity index (χ1v) is 8.27. The molecular weight excluding hydrogens is 484 g/mol. The molecule has 0 spiro atoms. The van der Waals surface area contributed by atoms with Gasteiger partial charge in [0.05, 0.1) is 15.2 Å². The number of carbonyl (C=O) groups excluding carboxylic acids is 1. The van der Waals surface area contributed by atoms with Crippen LogP contribution in [0.3, 0.4) is 0 Å². The Balaban J connectivity index is 2.17. The SMILES string of the molecule is O=C(NN=Cc1c(Br)cc(Br)c(O)c1Br)c1cccc(O)c1. The summed E-state index contributed by atoms with van der Waals surface area (Å²) in [5, 5.41) is 23.0. The Hall–Kier alpha value is -1.38. The van der Waals surface area contributed by atoms with Crippen LogP contribution in [0.5, 0.6) is 11.5 Å². The standard InChI is InChI=1S/C14H9Br3N2O3/c15-10-5-11(16)13(21)12(17)9(10)6-18-19-14(22)7-2-1-3-8(20)4-7/h1-6,20-21H,(H,19,22). The van der Waals surface area contributed by atoms with Gasteiger partial charge < -0.3 is 10.2 Å². The zero-order valence-electron chi connectivity index (χ0n) is 10.8. The van der Waals surface area contributed by atoms with Gasteiger partial charge in [0.25, 0.3) is 5.91 Å². The van der Waals surface area contributed by atoms with Crippen LogP contribution in [0.4, 0.5) is 0 Å². The summed E-state index contributed by atoms with van der Waals surface area (Å²) in [6.45, 7) is 0. The molecule has 2 aromatic rings. The molecule has 0 saturated heterocycles. The Morgan fingerprint density at radius 1 is 1.14 bits per heavy atom. The first kappa shape index (κ1) is 17.0. The van der Waals surface area contributed by atoms with Gasteiger partial charge in [0, 0.05) is 15.6 Å². The van der Waals surface area contributed by atoms with Crippen LogP contribution in [0.15, 0.2) is 48.9 Å². The molecule has 5 nitrogen and oxygen atoms in total. The fraction of sp³-hybridized carbons (Fsp3) is 0. The molecule has 0 aliphatic carbocycles. The number of phenolic OH excluding ortho intramolecular Hbond substituents is 2. The van der Waals surface area contributed by atoms with E-state index < -0.39 is 5.91 Å². The lowest BCUT2D eigenvalue weighted by atomic mass is 10.2. The van der Waals surface area contributed by atoms with Crippen molar-refractivity contribution in [2.45, 2.75) is 0 Å². The highest BCUT2D eigenvalue weighted by Crippen LogP contribution is 2.38. The van der Waals surface area contributed by atoms with E-state index in [9.17, 15) is 15.0 Å². The van der Waals surface area contributed by atoms with E-state index in [4.69, 9.17) is 0 Å². The normalized spacial score (nSPS) is 10.9. The largest absolute Gasteiger partial charge is 0.508 e. The zero-order valence-corrected chi connectivity index (χ0v) is 15.6. The number of nitrogens with one attached hydrogen (secondary N) is 1. The van der Waals surface area contributed by atoms with Crippen molar-refractivity contribution in [2.75, 3.05) is 0 Å². The predicted molar refractivity (Wildman–Crippen MR) is 94.4 cm³/mol. The van der Waals surface area contributed by atoms with Crippen LogP contribution in [-0.4, -0.2) is 22.3 Å². The maximum atomic E-state index is 11.9. The third-order valence-electron chi connectivity index (χ3n) is 2.65. The summed E-state index contributed by atoms with van der Waals surface area (Å²) in [4.78, 5) is 11.9. The highest BCUT2D eigenvalue weighted by molar-refractivity contribution is 9.11. The van der Waals surface area contributed by atoms with Gasteiger partial charge in [-0.15, -0.1) is 0 Å². The molecule has 0 aromatic heterocycles. The Morgan fingerprint density at radius 3 is 2.55 bits per heavy atom. The number of nitrogens with zero attached hydrogens (tertiary/aromatic N) is 1. The molecule has 0 heterocycles. The molecule has 0 saturated carbocycles. The number of phenols is 2. The minimum absolute atomic E-state index is 0.0000459. The van der Waals surface area contributed by atoms with Gasteiger partial charge in [-0.05, 0) is 56.1 Å². The van der Waals surface area contributed by atoms with Crippen molar-refractivity contribution >= 4 is 59.9 Å². The molecule has 8 heteroatoms. The number of hydrogen-bond acceptors (Lipinski definition) is 4. The highest BCUT2D eigenvalue weighted by atomic mass is 79.9. The summed E-state index contributed by atoms with van der Waals surface area (Å²) in [7, 11) is 0. The van der Waals surface area contributed by atoms with E-state index in [0.29, 0.717) is 19.0 Å². The molecule has 0 atom stereocenters. The molecule has 0 aliphatic rings. The lowest BCUT2D eigenvalue weighted by Crippen LogP contribution is -2.17. The molecule has 0 unspecified atom stereocenters. The van der Waals surface area contributed by atoms with Gasteiger partial charge in [-0.2, -0.15) is 5.10 Å². The number of amides is 1. The number of hydrazone groups is 1. The maximum absolute atomic E-state index is 11.9. The second kappa shape index (κ2) is 7.26. The van der Waals surface area contributed by atoms with Crippen LogP contribution in [0.2, 0.25) is 0 Å². The van der Waals surface area contributed by atoms with Crippen molar-refractivity contribution < 1.29 is 15.0 Å². The van der Waals surface area contributed by atoms with Crippen molar-refractivity contribution in [1.82, 2.24) is 5.43 Å². The second-order valence-electron chi connectivity index (χ2n) is 4.17. The van der Waals surface area contributed by atoms with Gasteiger partial charge in [-0.25, -0.2) is 5.43 Å². The third kappa shape index (κ3) is 3.88. The minimum Gasteiger partial charge on any atom is -0.508 e. The van der Waals surface area contributed by atoms with Crippen molar-refractivity contribution in [1.29, 1.82) is 0 Å². The molecule has 0 aliphatic heterocycles. The smallest absolute Gasteiger partial charge is 0.271 e. The van der Waals surface area contributed by atoms with Crippen molar-refractivity contribution in [3.63, 3.8) is 0 Å². The number of rotatable bonds is 3. The van der Waals surface area contributed by atoms with E-state index in [2.05, 4.69) is 58.3 Å². The van der Waals surface area contributed by atoms with Gasteiger partial charge in [0.15, 0.2) is 0 Å². The number of benzene rings is 2. The van der Waals surface area contributed by atoms with Crippen LogP contribution in [0, 0.1) is 0 Å².